The maximum Gasteiger partial charge on any atom is 0.339 e. The van der Waals surface area contributed by atoms with Gasteiger partial charge in [0.2, 0.25) is 0 Å². The van der Waals surface area contributed by atoms with E-state index in [1.165, 1.54) is 23.1 Å². The molecule has 142 valence electrons. The van der Waals surface area contributed by atoms with Gasteiger partial charge in [0.1, 0.15) is 23.7 Å². The summed E-state index contributed by atoms with van der Waals surface area (Å²) < 4.78 is 5.88. The van der Waals surface area contributed by atoms with Crippen molar-refractivity contribution in [2.75, 3.05) is 11.5 Å². The molecule has 1 amide bonds. The maximum absolute atomic E-state index is 12.9. The molecular formula is C20H15NO5S2. The van der Waals surface area contributed by atoms with E-state index in [9.17, 15) is 14.7 Å². The highest BCUT2D eigenvalue weighted by atomic mass is 32.2. The average molecular weight is 413 g/mol. The predicted octanol–water partition coefficient (Wildman–Crippen LogP) is 4.06. The van der Waals surface area contributed by atoms with E-state index >= 15 is 0 Å². The number of carbonyl (C=O) groups is 2. The number of ether oxygens (including phenoxy) is 1. The van der Waals surface area contributed by atoms with E-state index in [0.29, 0.717) is 28.5 Å². The number of aromatic carboxylic acids is 1. The van der Waals surface area contributed by atoms with E-state index in [0.717, 1.165) is 11.8 Å². The summed E-state index contributed by atoms with van der Waals surface area (Å²) in [5, 5.41) is 18.9. The molecule has 0 radical (unpaired) electrons. The summed E-state index contributed by atoms with van der Waals surface area (Å²) in [5.74, 6) is -1.45. The first-order valence-corrected chi connectivity index (χ1v) is 9.32. The number of benzene rings is 2. The van der Waals surface area contributed by atoms with Crippen LogP contribution in [-0.4, -0.2) is 33.0 Å². The van der Waals surface area contributed by atoms with Gasteiger partial charge in [-0.25, -0.2) is 4.79 Å². The van der Waals surface area contributed by atoms with Crippen molar-refractivity contribution in [3.8, 4) is 11.5 Å². The molecule has 28 heavy (non-hydrogen) atoms. The molecule has 3 rings (SSSR count). The molecule has 1 aliphatic heterocycles. The third kappa shape index (κ3) is 3.92. The number of carbonyl (C=O) groups excluding carboxylic acids is 1. The van der Waals surface area contributed by atoms with Gasteiger partial charge in [-0.1, -0.05) is 54.8 Å². The van der Waals surface area contributed by atoms with Gasteiger partial charge in [-0.15, -0.1) is 0 Å². The molecule has 2 aromatic carbocycles. The van der Waals surface area contributed by atoms with E-state index < -0.39 is 11.7 Å². The standard InChI is InChI=1S/C20H15NO5S2/c1-2-9-26-16-6-4-3-5-12(16)10-17-18(23)21(20(27)28-17)13-7-8-14(19(24)25)15(22)11-13/h2-8,10-11,22H,1,9H2,(H,24,25)/b17-10-. The molecule has 0 atom stereocenters. The third-order valence-electron chi connectivity index (χ3n) is 3.83. The molecule has 1 fully saturated rings. The minimum atomic E-state index is -1.26. The molecular weight excluding hydrogens is 398 g/mol. The normalized spacial score (nSPS) is 15.1. The molecule has 0 unspecified atom stereocenters. The van der Waals surface area contributed by atoms with Crippen LogP contribution in [0.15, 0.2) is 60.0 Å². The number of hydrogen-bond donors (Lipinski definition) is 2. The summed E-state index contributed by atoms with van der Waals surface area (Å²) in [5.41, 5.74) is 0.761. The Morgan fingerprint density at radius 1 is 1.29 bits per heavy atom. The number of rotatable bonds is 6. The second kappa shape index (κ2) is 8.28. The van der Waals surface area contributed by atoms with Gasteiger partial charge >= 0.3 is 5.97 Å². The highest BCUT2D eigenvalue weighted by Crippen LogP contribution is 2.38. The fraction of sp³-hybridized carbons (Fsp3) is 0.0500. The van der Waals surface area contributed by atoms with E-state index in [4.69, 9.17) is 22.1 Å². The first kappa shape index (κ1) is 19.7. The fourth-order valence-electron chi connectivity index (χ4n) is 2.55. The zero-order valence-electron chi connectivity index (χ0n) is 14.5. The number of hydrogen-bond acceptors (Lipinski definition) is 6. The molecule has 2 aromatic rings. The van der Waals surface area contributed by atoms with Crippen molar-refractivity contribution >= 4 is 51.9 Å². The van der Waals surface area contributed by atoms with Crippen molar-refractivity contribution in [1.82, 2.24) is 0 Å². The lowest BCUT2D eigenvalue weighted by Gasteiger charge is -2.15. The fourth-order valence-corrected chi connectivity index (χ4v) is 3.84. The second-order valence-electron chi connectivity index (χ2n) is 5.66. The number of carboxylic acid groups (broad SMARTS) is 1. The lowest BCUT2D eigenvalue weighted by Crippen LogP contribution is -2.27. The number of carboxylic acids is 1. The molecule has 2 N–H and O–H groups in total. The number of thiocarbonyl (C=S) groups is 1. The van der Waals surface area contributed by atoms with Gasteiger partial charge in [-0.2, -0.15) is 0 Å². The second-order valence-corrected chi connectivity index (χ2v) is 7.34. The number of anilines is 1. The van der Waals surface area contributed by atoms with Crippen molar-refractivity contribution in [3.05, 3.63) is 71.2 Å². The lowest BCUT2D eigenvalue weighted by molar-refractivity contribution is -0.113. The molecule has 0 saturated carbocycles. The summed E-state index contributed by atoms with van der Waals surface area (Å²) >= 11 is 6.42. The van der Waals surface area contributed by atoms with Gasteiger partial charge < -0.3 is 14.9 Å². The maximum atomic E-state index is 12.9. The Bertz CT molecular complexity index is 1020. The van der Waals surface area contributed by atoms with Crippen LogP contribution in [0, 0.1) is 0 Å². The first-order valence-electron chi connectivity index (χ1n) is 8.09. The molecule has 1 heterocycles. The van der Waals surface area contributed by atoms with Crippen LogP contribution in [0.5, 0.6) is 11.5 Å². The molecule has 1 saturated heterocycles. The van der Waals surface area contributed by atoms with E-state index in [1.54, 1.807) is 18.2 Å². The summed E-state index contributed by atoms with van der Waals surface area (Å²) in [6.07, 6.45) is 3.31. The van der Waals surface area contributed by atoms with Crippen LogP contribution < -0.4 is 9.64 Å². The number of para-hydroxylation sites is 1. The van der Waals surface area contributed by atoms with E-state index in [-0.39, 0.29) is 15.8 Å². The molecule has 1 aliphatic rings. The van der Waals surface area contributed by atoms with E-state index in [2.05, 4.69) is 6.58 Å². The van der Waals surface area contributed by atoms with Crippen LogP contribution in [0.25, 0.3) is 6.08 Å². The zero-order valence-corrected chi connectivity index (χ0v) is 16.1. The third-order valence-corrected chi connectivity index (χ3v) is 5.13. The molecule has 0 aromatic heterocycles. The van der Waals surface area contributed by atoms with Crippen LogP contribution in [0.3, 0.4) is 0 Å². The van der Waals surface area contributed by atoms with Crippen molar-refractivity contribution in [1.29, 1.82) is 0 Å². The van der Waals surface area contributed by atoms with Gasteiger partial charge in [-0.05, 0) is 24.3 Å². The number of nitrogens with zero attached hydrogens (tertiary/aromatic N) is 1. The Morgan fingerprint density at radius 2 is 2.04 bits per heavy atom. The van der Waals surface area contributed by atoms with Crippen LogP contribution in [0.1, 0.15) is 15.9 Å². The molecule has 6 nitrogen and oxygen atoms in total. The average Bonchev–Trinajstić information content (AvgIpc) is 2.94. The monoisotopic (exact) mass is 413 g/mol. The first-order chi connectivity index (χ1) is 13.4. The Hall–Kier alpha value is -3.10. The highest BCUT2D eigenvalue weighted by Gasteiger charge is 2.34. The minimum absolute atomic E-state index is 0.252. The molecule has 0 bridgehead atoms. The predicted molar refractivity (Wildman–Crippen MR) is 113 cm³/mol. The van der Waals surface area contributed by atoms with Gasteiger partial charge in [0.15, 0.2) is 4.32 Å². The van der Waals surface area contributed by atoms with Crippen LogP contribution in [0.2, 0.25) is 0 Å². The summed E-state index contributed by atoms with van der Waals surface area (Å²) in [4.78, 5) is 25.6. The van der Waals surface area contributed by atoms with Crippen molar-refractivity contribution < 1.29 is 24.5 Å². The minimum Gasteiger partial charge on any atom is -0.507 e. The number of phenols is 1. The van der Waals surface area contributed by atoms with Crippen molar-refractivity contribution in [2.24, 2.45) is 0 Å². The van der Waals surface area contributed by atoms with E-state index in [1.807, 2.05) is 18.2 Å². The Balaban J connectivity index is 1.92. The molecule has 8 heteroatoms. The number of aromatic hydroxyl groups is 1. The van der Waals surface area contributed by atoms with Crippen LogP contribution >= 0.6 is 24.0 Å². The van der Waals surface area contributed by atoms with Gasteiger partial charge in [-0.3, -0.25) is 9.69 Å². The van der Waals surface area contributed by atoms with Crippen molar-refractivity contribution in [3.63, 3.8) is 0 Å². The zero-order chi connectivity index (χ0) is 20.3. The Kier molecular flexibility index (Phi) is 5.81. The number of thioether (sulfide) groups is 1. The number of amides is 1. The smallest absolute Gasteiger partial charge is 0.339 e. The van der Waals surface area contributed by atoms with Crippen LogP contribution in [0.4, 0.5) is 5.69 Å². The van der Waals surface area contributed by atoms with Gasteiger partial charge in [0.25, 0.3) is 5.91 Å². The van der Waals surface area contributed by atoms with Crippen LogP contribution in [-0.2, 0) is 4.79 Å². The summed E-state index contributed by atoms with van der Waals surface area (Å²) in [7, 11) is 0. The largest absolute Gasteiger partial charge is 0.507 e. The summed E-state index contributed by atoms with van der Waals surface area (Å²) in [6.45, 7) is 3.95. The summed E-state index contributed by atoms with van der Waals surface area (Å²) in [6, 6.07) is 11.1. The van der Waals surface area contributed by atoms with Crippen molar-refractivity contribution in [2.45, 2.75) is 0 Å². The highest BCUT2D eigenvalue weighted by molar-refractivity contribution is 8.27. The SMILES string of the molecule is C=CCOc1ccccc1/C=C1\SC(=S)N(c2ccc(C(=O)O)c(O)c2)C1=O. The molecule has 0 spiro atoms. The van der Waals surface area contributed by atoms with Gasteiger partial charge in [0.05, 0.1) is 10.6 Å². The lowest BCUT2D eigenvalue weighted by atomic mass is 10.1. The topological polar surface area (TPSA) is 87.1 Å². The molecule has 0 aliphatic carbocycles. The Labute approximate surface area is 170 Å². The Morgan fingerprint density at radius 3 is 2.71 bits per heavy atom. The van der Waals surface area contributed by atoms with Gasteiger partial charge in [0, 0.05) is 11.6 Å². The quantitative estimate of drug-likeness (QED) is 0.419.